The van der Waals surface area contributed by atoms with Crippen molar-refractivity contribution in [1.29, 1.82) is 0 Å². The third-order valence-electron chi connectivity index (χ3n) is 3.04. The second-order valence-corrected chi connectivity index (χ2v) is 5.76. The smallest absolute Gasteiger partial charge is 0.123 e. The molecule has 0 unspecified atom stereocenters. The standard InChI is InChI=1S/C16H10F2OS/c17-13-5-1-11(2-6-13)15-9-10-16(20(15)19)12-3-7-14(18)8-4-12/h1-10H. The second-order valence-electron chi connectivity index (χ2n) is 4.34. The van der Waals surface area contributed by atoms with Crippen molar-refractivity contribution in [2.24, 2.45) is 0 Å². The number of halogens is 2. The first kappa shape index (κ1) is 12.9. The molecule has 0 N–H and O–H groups in total. The van der Waals surface area contributed by atoms with E-state index in [1.165, 1.54) is 24.3 Å². The first-order valence-electron chi connectivity index (χ1n) is 6.01. The van der Waals surface area contributed by atoms with Gasteiger partial charge in [0.1, 0.15) is 11.6 Å². The maximum atomic E-state index is 12.9. The fourth-order valence-corrected chi connectivity index (χ4v) is 3.35. The van der Waals surface area contributed by atoms with Gasteiger partial charge in [0.05, 0.1) is 20.6 Å². The van der Waals surface area contributed by atoms with E-state index < -0.39 is 10.8 Å². The highest BCUT2D eigenvalue weighted by atomic mass is 32.2. The molecule has 0 aromatic heterocycles. The normalized spacial score (nSPS) is 15.1. The second kappa shape index (κ2) is 5.13. The van der Waals surface area contributed by atoms with Crippen molar-refractivity contribution in [3.63, 3.8) is 0 Å². The quantitative estimate of drug-likeness (QED) is 0.812. The summed E-state index contributed by atoms with van der Waals surface area (Å²) in [7, 11) is -1.34. The maximum absolute atomic E-state index is 12.9. The predicted octanol–water partition coefficient (Wildman–Crippen LogP) is 4.11. The van der Waals surface area contributed by atoms with E-state index in [4.69, 9.17) is 0 Å². The summed E-state index contributed by atoms with van der Waals surface area (Å²) in [5, 5.41) is 0. The summed E-state index contributed by atoms with van der Waals surface area (Å²) >= 11 is 0. The molecule has 1 nitrogen and oxygen atoms in total. The molecule has 0 radical (unpaired) electrons. The van der Waals surface area contributed by atoms with E-state index in [0.29, 0.717) is 9.81 Å². The molecule has 2 aromatic carbocycles. The van der Waals surface area contributed by atoms with Gasteiger partial charge in [-0.2, -0.15) is 0 Å². The Bertz CT molecular complexity index is 665. The molecule has 20 heavy (non-hydrogen) atoms. The van der Waals surface area contributed by atoms with Crippen LogP contribution in [0.5, 0.6) is 0 Å². The van der Waals surface area contributed by atoms with E-state index in [9.17, 15) is 13.0 Å². The summed E-state index contributed by atoms with van der Waals surface area (Å²) < 4.78 is 38.3. The number of allylic oxidation sites excluding steroid dienone is 2. The molecular formula is C16H10F2OS. The Morgan fingerprint density at radius 1 is 0.650 bits per heavy atom. The Labute approximate surface area is 117 Å². The Balaban J connectivity index is 1.89. The summed E-state index contributed by atoms with van der Waals surface area (Å²) in [5.74, 6) is -0.658. The molecular weight excluding hydrogens is 278 g/mol. The molecule has 0 aliphatic carbocycles. The largest absolute Gasteiger partial charge is 0.249 e. The number of hydrogen-bond donors (Lipinski definition) is 0. The molecule has 1 aliphatic heterocycles. The van der Waals surface area contributed by atoms with Crippen LogP contribution in [0, 0.1) is 11.6 Å². The topological polar surface area (TPSA) is 17.1 Å². The molecule has 2 aromatic rings. The first-order chi connectivity index (χ1) is 9.65. The van der Waals surface area contributed by atoms with Gasteiger partial charge in [0.2, 0.25) is 0 Å². The SMILES string of the molecule is O=S1C(c2ccc(F)cc2)=CC=C1c1ccc(F)cc1. The van der Waals surface area contributed by atoms with Crippen molar-refractivity contribution in [1.82, 2.24) is 0 Å². The van der Waals surface area contributed by atoms with Crippen LogP contribution >= 0.6 is 0 Å². The molecule has 0 atom stereocenters. The zero-order valence-corrected chi connectivity index (χ0v) is 11.2. The molecule has 3 rings (SSSR count). The van der Waals surface area contributed by atoms with Crippen molar-refractivity contribution in [2.75, 3.05) is 0 Å². The fraction of sp³-hybridized carbons (Fsp3) is 0. The first-order valence-corrected chi connectivity index (χ1v) is 7.16. The van der Waals surface area contributed by atoms with Crippen molar-refractivity contribution in [2.45, 2.75) is 0 Å². The summed E-state index contributed by atoms with van der Waals surface area (Å²) in [6, 6.07) is 11.7. The molecule has 0 saturated heterocycles. The lowest BCUT2D eigenvalue weighted by Gasteiger charge is -2.06. The van der Waals surface area contributed by atoms with Gasteiger partial charge in [-0.1, -0.05) is 24.3 Å². The van der Waals surface area contributed by atoms with Gasteiger partial charge in [-0.05, 0) is 47.5 Å². The van der Waals surface area contributed by atoms with Crippen LogP contribution in [0.1, 0.15) is 11.1 Å². The van der Waals surface area contributed by atoms with Crippen molar-refractivity contribution >= 4 is 20.6 Å². The van der Waals surface area contributed by atoms with Crippen LogP contribution in [0.4, 0.5) is 8.78 Å². The number of rotatable bonds is 2. The van der Waals surface area contributed by atoms with Crippen LogP contribution in [0.3, 0.4) is 0 Å². The monoisotopic (exact) mass is 288 g/mol. The van der Waals surface area contributed by atoms with Gasteiger partial charge >= 0.3 is 0 Å². The van der Waals surface area contributed by atoms with Gasteiger partial charge in [-0.15, -0.1) is 0 Å². The van der Waals surface area contributed by atoms with Crippen LogP contribution in [0.15, 0.2) is 60.7 Å². The van der Waals surface area contributed by atoms with E-state index in [1.54, 1.807) is 36.4 Å². The van der Waals surface area contributed by atoms with Crippen molar-refractivity contribution < 1.29 is 13.0 Å². The minimum absolute atomic E-state index is 0.329. The van der Waals surface area contributed by atoms with Gasteiger partial charge in [0.15, 0.2) is 0 Å². The summed E-state index contributed by atoms with van der Waals surface area (Å²) in [5.41, 5.74) is 1.44. The highest BCUT2D eigenvalue weighted by molar-refractivity contribution is 8.03. The van der Waals surface area contributed by atoms with Crippen LogP contribution in [0.2, 0.25) is 0 Å². The third kappa shape index (κ3) is 2.34. The minimum Gasteiger partial charge on any atom is -0.249 e. The zero-order valence-electron chi connectivity index (χ0n) is 10.3. The van der Waals surface area contributed by atoms with E-state index in [-0.39, 0.29) is 11.6 Å². The lowest BCUT2D eigenvalue weighted by molar-refractivity contribution is 0.627. The highest BCUT2D eigenvalue weighted by Crippen LogP contribution is 2.34. The van der Waals surface area contributed by atoms with Gasteiger partial charge in [-0.3, -0.25) is 0 Å². The van der Waals surface area contributed by atoms with Crippen molar-refractivity contribution in [3.8, 4) is 0 Å². The van der Waals surface area contributed by atoms with Gasteiger partial charge < -0.3 is 0 Å². The Kier molecular flexibility index (Phi) is 3.32. The molecule has 0 amide bonds. The lowest BCUT2D eigenvalue weighted by atomic mass is 10.2. The fourth-order valence-electron chi connectivity index (χ4n) is 2.03. The molecule has 0 bridgehead atoms. The summed E-state index contributed by atoms with van der Waals surface area (Å²) in [4.78, 5) is 1.26. The Hall–Kier alpha value is -2.07. The van der Waals surface area contributed by atoms with E-state index >= 15 is 0 Å². The van der Waals surface area contributed by atoms with Crippen LogP contribution in [-0.2, 0) is 10.8 Å². The maximum Gasteiger partial charge on any atom is 0.123 e. The van der Waals surface area contributed by atoms with E-state index in [1.807, 2.05) is 0 Å². The molecule has 1 heterocycles. The molecule has 4 heteroatoms. The van der Waals surface area contributed by atoms with Gasteiger partial charge in [0.25, 0.3) is 0 Å². The minimum atomic E-state index is -1.34. The average Bonchev–Trinajstić information content (AvgIpc) is 2.83. The molecule has 0 fully saturated rings. The van der Waals surface area contributed by atoms with E-state index in [2.05, 4.69) is 0 Å². The van der Waals surface area contributed by atoms with Crippen LogP contribution in [0.25, 0.3) is 9.81 Å². The highest BCUT2D eigenvalue weighted by Gasteiger charge is 2.20. The number of hydrogen-bond acceptors (Lipinski definition) is 1. The number of benzene rings is 2. The van der Waals surface area contributed by atoms with Gasteiger partial charge in [-0.25, -0.2) is 13.0 Å². The van der Waals surface area contributed by atoms with Crippen molar-refractivity contribution in [3.05, 3.63) is 83.4 Å². The van der Waals surface area contributed by atoms with Gasteiger partial charge in [0, 0.05) is 0 Å². The van der Waals surface area contributed by atoms with E-state index in [0.717, 1.165) is 11.1 Å². The predicted molar refractivity (Wildman–Crippen MR) is 76.9 cm³/mol. The molecule has 1 aliphatic rings. The van der Waals surface area contributed by atoms with Crippen LogP contribution < -0.4 is 0 Å². The molecule has 0 spiro atoms. The van der Waals surface area contributed by atoms with Crippen LogP contribution in [-0.4, -0.2) is 4.21 Å². The average molecular weight is 288 g/mol. The zero-order chi connectivity index (χ0) is 14.1. The Morgan fingerprint density at radius 3 is 1.35 bits per heavy atom. The lowest BCUT2D eigenvalue weighted by Crippen LogP contribution is -1.94. The molecule has 0 saturated carbocycles. The molecule has 100 valence electrons. The summed E-state index contributed by atoms with van der Waals surface area (Å²) in [6.45, 7) is 0. The third-order valence-corrected chi connectivity index (χ3v) is 4.59. The Morgan fingerprint density at radius 2 is 1.00 bits per heavy atom. The summed E-state index contributed by atoms with van der Waals surface area (Å²) in [6.07, 6.45) is 3.50.